The summed E-state index contributed by atoms with van der Waals surface area (Å²) in [6, 6.07) is 10.7. The molecule has 33 heavy (non-hydrogen) atoms. The minimum atomic E-state index is -4.51. The Morgan fingerprint density at radius 1 is 1.27 bits per heavy atom. The fourth-order valence-corrected chi connectivity index (χ4v) is 4.08. The van der Waals surface area contributed by atoms with Crippen LogP contribution in [0.5, 0.6) is 5.75 Å². The number of para-hydroxylation sites is 1. The van der Waals surface area contributed by atoms with E-state index in [1.165, 1.54) is 17.1 Å². The Morgan fingerprint density at radius 3 is 2.70 bits per heavy atom. The molecule has 1 aliphatic rings. The monoisotopic (exact) mass is 499 g/mol. The number of aromatic nitrogens is 2. The number of alkyl halides is 3. The molecule has 1 aliphatic heterocycles. The van der Waals surface area contributed by atoms with Crippen molar-refractivity contribution in [3.63, 3.8) is 0 Å². The number of amides is 1. The Balaban J connectivity index is 1.44. The number of aromatic hydroxyl groups is 1. The Bertz CT molecular complexity index is 1130. The molecule has 0 spiro atoms. The molecule has 1 aromatic heterocycles. The van der Waals surface area contributed by atoms with Crippen molar-refractivity contribution in [1.82, 2.24) is 15.0 Å². The molecule has 174 valence electrons. The van der Waals surface area contributed by atoms with E-state index >= 15 is 0 Å². The van der Waals surface area contributed by atoms with Gasteiger partial charge in [0.15, 0.2) is 0 Å². The van der Waals surface area contributed by atoms with Gasteiger partial charge in [-0.05, 0) is 36.4 Å². The van der Waals surface area contributed by atoms with Crippen LogP contribution in [0.1, 0.15) is 6.42 Å². The molecular formula is C20H17ClF3N5O3S. The number of rotatable bonds is 6. The van der Waals surface area contributed by atoms with Crippen LogP contribution >= 0.6 is 23.1 Å². The zero-order valence-corrected chi connectivity index (χ0v) is 18.3. The number of carbonyl (C=O) groups excluding carboxylic acids is 1. The van der Waals surface area contributed by atoms with Crippen molar-refractivity contribution in [3.8, 4) is 17.0 Å². The predicted octanol–water partition coefficient (Wildman–Crippen LogP) is 4.19. The number of halogens is 4. The van der Waals surface area contributed by atoms with Gasteiger partial charge in [0.1, 0.15) is 35.3 Å². The Morgan fingerprint density at radius 2 is 2.00 bits per heavy atom. The molecule has 2 atom stereocenters. The first kappa shape index (κ1) is 23.2. The maximum Gasteiger partial charge on any atom is 0.405 e. The van der Waals surface area contributed by atoms with E-state index in [-0.39, 0.29) is 10.8 Å². The van der Waals surface area contributed by atoms with Crippen LogP contribution in [0.15, 0.2) is 48.5 Å². The lowest BCUT2D eigenvalue weighted by Gasteiger charge is -2.27. The smallest absolute Gasteiger partial charge is 0.405 e. The number of hydrogen-bond donors (Lipinski definition) is 3. The van der Waals surface area contributed by atoms with E-state index in [1.807, 2.05) is 0 Å². The maximum atomic E-state index is 13.3. The molecule has 8 nitrogen and oxygen atoms in total. The van der Waals surface area contributed by atoms with Gasteiger partial charge in [-0.25, -0.2) is 5.43 Å². The lowest BCUT2D eigenvalue weighted by atomic mass is 10.1. The fraction of sp³-hybridized carbons (Fsp3) is 0.250. The van der Waals surface area contributed by atoms with E-state index in [2.05, 4.69) is 20.3 Å². The molecule has 0 bridgehead atoms. The standard InChI is InChI=1S/C20H17ClF3N5O3S/c21-13-3-1-2-4-14(13)29-17(9-15(27-29)20(22,23)24)32-10-16(31)25-19-18(26-28-33-19)11-5-7-12(30)8-6-11/h1-8,15,17,27,30H,9-10H2,(H,25,31). The first-order chi connectivity index (χ1) is 15.7. The highest BCUT2D eigenvalue weighted by molar-refractivity contribution is 7.10. The number of carbonyl (C=O) groups is 1. The number of hydrazine groups is 1. The van der Waals surface area contributed by atoms with Gasteiger partial charge in [-0.2, -0.15) is 13.2 Å². The summed E-state index contributed by atoms with van der Waals surface area (Å²) in [7, 11) is 0. The van der Waals surface area contributed by atoms with Gasteiger partial charge >= 0.3 is 6.18 Å². The van der Waals surface area contributed by atoms with Crippen LogP contribution in [-0.4, -0.2) is 45.7 Å². The summed E-state index contributed by atoms with van der Waals surface area (Å²) >= 11 is 7.09. The first-order valence-electron chi connectivity index (χ1n) is 9.62. The van der Waals surface area contributed by atoms with E-state index in [1.54, 1.807) is 36.4 Å². The van der Waals surface area contributed by atoms with Crippen molar-refractivity contribution in [1.29, 1.82) is 0 Å². The zero-order valence-electron chi connectivity index (χ0n) is 16.7. The van der Waals surface area contributed by atoms with Gasteiger partial charge in [0.05, 0.1) is 10.7 Å². The number of anilines is 2. The molecule has 2 aromatic carbocycles. The number of nitrogens with zero attached hydrogens (tertiary/aromatic N) is 3. The lowest BCUT2D eigenvalue weighted by Crippen LogP contribution is -2.45. The van der Waals surface area contributed by atoms with Gasteiger partial charge in [-0.1, -0.05) is 28.2 Å². The predicted molar refractivity (Wildman–Crippen MR) is 117 cm³/mol. The van der Waals surface area contributed by atoms with Crippen molar-refractivity contribution < 1.29 is 27.8 Å². The normalized spacial score (nSPS) is 18.5. The average Bonchev–Trinajstić information content (AvgIpc) is 3.40. The summed E-state index contributed by atoms with van der Waals surface area (Å²) in [4.78, 5) is 12.5. The highest BCUT2D eigenvalue weighted by atomic mass is 35.5. The molecule has 1 saturated heterocycles. The molecule has 2 heterocycles. The first-order valence-corrected chi connectivity index (χ1v) is 10.8. The topological polar surface area (TPSA) is 99.6 Å². The van der Waals surface area contributed by atoms with Crippen LogP contribution < -0.4 is 15.8 Å². The van der Waals surface area contributed by atoms with Crippen LogP contribution in [0.3, 0.4) is 0 Å². The fourth-order valence-electron chi connectivity index (χ4n) is 3.25. The maximum absolute atomic E-state index is 13.3. The van der Waals surface area contributed by atoms with Gasteiger partial charge in [0, 0.05) is 23.5 Å². The average molecular weight is 500 g/mol. The van der Waals surface area contributed by atoms with Crippen LogP contribution in [0.4, 0.5) is 23.9 Å². The lowest BCUT2D eigenvalue weighted by molar-refractivity contribution is -0.153. The minimum Gasteiger partial charge on any atom is -0.508 e. The van der Waals surface area contributed by atoms with Crippen LogP contribution in [0, 0.1) is 0 Å². The number of benzene rings is 2. The van der Waals surface area contributed by atoms with Gasteiger partial charge in [-0.15, -0.1) is 5.10 Å². The van der Waals surface area contributed by atoms with Gasteiger partial charge < -0.3 is 15.2 Å². The number of nitrogens with one attached hydrogen (secondary N) is 2. The molecule has 4 rings (SSSR count). The number of hydrogen-bond acceptors (Lipinski definition) is 8. The Kier molecular flexibility index (Phi) is 6.70. The second-order valence-electron chi connectivity index (χ2n) is 7.09. The molecule has 0 radical (unpaired) electrons. The largest absolute Gasteiger partial charge is 0.508 e. The third-order valence-electron chi connectivity index (χ3n) is 4.82. The molecular weight excluding hydrogens is 483 g/mol. The number of phenolic OH excluding ortho intramolecular Hbond substituents is 1. The quantitative estimate of drug-likeness (QED) is 0.467. The van der Waals surface area contributed by atoms with E-state index in [0.29, 0.717) is 21.9 Å². The zero-order chi connectivity index (χ0) is 23.6. The summed E-state index contributed by atoms with van der Waals surface area (Å²) in [5.41, 5.74) is 3.69. The van der Waals surface area contributed by atoms with E-state index < -0.39 is 37.4 Å². The van der Waals surface area contributed by atoms with Crippen molar-refractivity contribution in [2.24, 2.45) is 0 Å². The van der Waals surface area contributed by atoms with Gasteiger partial charge in [0.25, 0.3) is 5.91 Å². The van der Waals surface area contributed by atoms with Crippen molar-refractivity contribution in [2.45, 2.75) is 24.9 Å². The third kappa shape index (κ3) is 5.36. The Hall–Kier alpha value is -2.93. The summed E-state index contributed by atoms with van der Waals surface area (Å²) in [5, 5.41) is 17.8. The van der Waals surface area contributed by atoms with Crippen molar-refractivity contribution in [2.75, 3.05) is 16.9 Å². The molecule has 3 aromatic rings. The van der Waals surface area contributed by atoms with Crippen molar-refractivity contribution in [3.05, 3.63) is 53.6 Å². The molecule has 0 saturated carbocycles. The van der Waals surface area contributed by atoms with E-state index in [4.69, 9.17) is 16.3 Å². The third-order valence-corrected chi connectivity index (χ3v) is 5.78. The summed E-state index contributed by atoms with van der Waals surface area (Å²) < 4.78 is 49.3. The summed E-state index contributed by atoms with van der Waals surface area (Å²) in [6.45, 7) is -0.509. The summed E-state index contributed by atoms with van der Waals surface area (Å²) in [5.74, 6) is -0.512. The van der Waals surface area contributed by atoms with E-state index in [9.17, 15) is 23.1 Å². The number of phenols is 1. The van der Waals surface area contributed by atoms with Gasteiger partial charge in [0.2, 0.25) is 0 Å². The molecule has 2 unspecified atom stereocenters. The second kappa shape index (κ2) is 9.51. The molecule has 13 heteroatoms. The SMILES string of the molecule is O=C(COC1CC(C(F)(F)F)NN1c1ccccc1Cl)Nc1snnc1-c1ccc(O)cc1. The molecule has 1 amide bonds. The second-order valence-corrected chi connectivity index (χ2v) is 8.25. The number of ether oxygens (including phenoxy) is 1. The van der Waals surface area contributed by atoms with Crippen LogP contribution in [-0.2, 0) is 9.53 Å². The van der Waals surface area contributed by atoms with E-state index in [0.717, 1.165) is 11.5 Å². The Labute approximate surface area is 195 Å². The molecule has 3 N–H and O–H groups in total. The summed E-state index contributed by atoms with van der Waals surface area (Å²) in [6.07, 6.45) is -6.02. The van der Waals surface area contributed by atoms with Crippen LogP contribution in [0.2, 0.25) is 5.02 Å². The molecule has 1 fully saturated rings. The highest BCUT2D eigenvalue weighted by Crippen LogP contribution is 2.35. The van der Waals surface area contributed by atoms with Crippen LogP contribution in [0.25, 0.3) is 11.3 Å². The highest BCUT2D eigenvalue weighted by Gasteiger charge is 2.48. The minimum absolute atomic E-state index is 0.0753. The molecule has 0 aliphatic carbocycles. The van der Waals surface area contributed by atoms with Gasteiger partial charge in [-0.3, -0.25) is 9.80 Å². The van der Waals surface area contributed by atoms with Crippen molar-refractivity contribution >= 4 is 39.7 Å².